The molecule has 1 aromatic heterocycles. The minimum absolute atomic E-state index is 0.00271. The molecular weight excluding hydrogens is 348 g/mol. The number of hydrogen-bond donors (Lipinski definition) is 1. The number of methoxy groups -OCH3 is 1. The second kappa shape index (κ2) is 7.97. The van der Waals surface area contributed by atoms with Crippen LogP contribution in [-0.4, -0.2) is 30.3 Å². The monoisotopic (exact) mass is 368 g/mol. The molecule has 7 heteroatoms. The van der Waals surface area contributed by atoms with Crippen LogP contribution in [0.25, 0.3) is 10.6 Å². The van der Waals surface area contributed by atoms with Crippen molar-refractivity contribution in [3.8, 4) is 16.3 Å². The summed E-state index contributed by atoms with van der Waals surface area (Å²) in [5, 5.41) is 13.0. The van der Waals surface area contributed by atoms with Gasteiger partial charge < -0.3 is 15.0 Å². The normalized spacial score (nSPS) is 10.4. The van der Waals surface area contributed by atoms with Gasteiger partial charge in [0.05, 0.1) is 7.11 Å². The van der Waals surface area contributed by atoms with Gasteiger partial charge in [0.15, 0.2) is 0 Å². The molecule has 0 aliphatic heterocycles. The van der Waals surface area contributed by atoms with Crippen LogP contribution in [0.15, 0.2) is 48.5 Å². The summed E-state index contributed by atoms with van der Waals surface area (Å²) in [5.74, 6) is 0.812. The zero-order valence-electron chi connectivity index (χ0n) is 14.9. The van der Waals surface area contributed by atoms with Crippen LogP contribution in [0.2, 0.25) is 0 Å². The maximum absolute atomic E-state index is 11.4. The molecule has 0 spiro atoms. The average Bonchev–Trinajstić information content (AvgIpc) is 3.18. The Bertz CT molecular complexity index is 875. The van der Waals surface area contributed by atoms with Crippen LogP contribution in [-0.2, 0) is 4.79 Å². The van der Waals surface area contributed by atoms with Gasteiger partial charge in [0.1, 0.15) is 10.8 Å². The van der Waals surface area contributed by atoms with Crippen molar-refractivity contribution >= 4 is 33.8 Å². The number of hydrogen-bond acceptors (Lipinski definition) is 6. The fourth-order valence-electron chi connectivity index (χ4n) is 2.33. The number of nitrogens with one attached hydrogen (secondary N) is 1. The number of amides is 1. The molecule has 6 nitrogen and oxygen atoms in total. The SMILES string of the molecule is CCC(=O)Nc1ccc(-c2nnc(N(C)c3ccc(OC)cc3)s2)cc1. The van der Waals surface area contributed by atoms with Gasteiger partial charge in [-0.1, -0.05) is 18.3 Å². The van der Waals surface area contributed by atoms with Crippen LogP contribution in [0.1, 0.15) is 13.3 Å². The van der Waals surface area contributed by atoms with E-state index in [4.69, 9.17) is 4.74 Å². The smallest absolute Gasteiger partial charge is 0.224 e. The number of benzene rings is 2. The summed E-state index contributed by atoms with van der Waals surface area (Å²) >= 11 is 1.51. The van der Waals surface area contributed by atoms with Gasteiger partial charge in [-0.3, -0.25) is 4.79 Å². The molecule has 0 bridgehead atoms. The molecule has 0 atom stereocenters. The highest BCUT2D eigenvalue weighted by molar-refractivity contribution is 7.18. The molecule has 0 radical (unpaired) electrons. The lowest BCUT2D eigenvalue weighted by Gasteiger charge is -2.15. The number of anilines is 3. The zero-order chi connectivity index (χ0) is 18.5. The maximum atomic E-state index is 11.4. The Kier molecular flexibility index (Phi) is 5.48. The number of rotatable bonds is 6. The van der Waals surface area contributed by atoms with E-state index in [0.29, 0.717) is 6.42 Å². The molecule has 0 aliphatic rings. The summed E-state index contributed by atoms with van der Waals surface area (Å²) in [4.78, 5) is 13.4. The Hall–Kier alpha value is -2.93. The summed E-state index contributed by atoms with van der Waals surface area (Å²) in [7, 11) is 3.60. The van der Waals surface area contributed by atoms with Gasteiger partial charge in [0.25, 0.3) is 0 Å². The zero-order valence-corrected chi connectivity index (χ0v) is 15.7. The summed E-state index contributed by atoms with van der Waals surface area (Å²) in [6.07, 6.45) is 0.458. The van der Waals surface area contributed by atoms with Crippen LogP contribution in [0.5, 0.6) is 5.75 Å². The van der Waals surface area contributed by atoms with Crippen molar-refractivity contribution < 1.29 is 9.53 Å². The lowest BCUT2D eigenvalue weighted by Crippen LogP contribution is -2.08. The van der Waals surface area contributed by atoms with Gasteiger partial charge in [-0.2, -0.15) is 0 Å². The van der Waals surface area contributed by atoms with Crippen LogP contribution in [0, 0.1) is 0 Å². The number of aromatic nitrogens is 2. The van der Waals surface area contributed by atoms with Gasteiger partial charge in [-0.25, -0.2) is 0 Å². The molecule has 2 aromatic carbocycles. The molecular formula is C19H20N4O2S. The van der Waals surface area contributed by atoms with Gasteiger partial charge in [0, 0.05) is 30.4 Å². The first kappa shape index (κ1) is 17.9. The Morgan fingerprint density at radius 2 is 1.81 bits per heavy atom. The summed E-state index contributed by atoms with van der Waals surface area (Å²) < 4.78 is 5.19. The van der Waals surface area contributed by atoms with E-state index in [2.05, 4.69) is 15.5 Å². The summed E-state index contributed by atoms with van der Waals surface area (Å²) in [6.45, 7) is 1.83. The molecule has 0 saturated heterocycles. The first-order valence-corrected chi connectivity index (χ1v) is 9.04. The Morgan fingerprint density at radius 1 is 1.12 bits per heavy atom. The predicted molar refractivity (Wildman–Crippen MR) is 105 cm³/mol. The Balaban J connectivity index is 1.75. The van der Waals surface area contributed by atoms with E-state index < -0.39 is 0 Å². The third-order valence-corrected chi connectivity index (χ3v) is 4.95. The van der Waals surface area contributed by atoms with Crippen molar-refractivity contribution in [1.29, 1.82) is 0 Å². The average molecular weight is 368 g/mol. The Labute approximate surface area is 156 Å². The highest BCUT2D eigenvalue weighted by atomic mass is 32.1. The van der Waals surface area contributed by atoms with E-state index in [-0.39, 0.29) is 5.91 Å². The lowest BCUT2D eigenvalue weighted by atomic mass is 10.2. The first-order chi connectivity index (χ1) is 12.6. The molecule has 0 unspecified atom stereocenters. The molecule has 0 aliphatic carbocycles. The molecule has 3 rings (SSSR count). The molecule has 1 N–H and O–H groups in total. The van der Waals surface area contributed by atoms with Crippen molar-refractivity contribution in [2.75, 3.05) is 24.4 Å². The maximum Gasteiger partial charge on any atom is 0.224 e. The minimum Gasteiger partial charge on any atom is -0.497 e. The fourth-order valence-corrected chi connectivity index (χ4v) is 3.16. The van der Waals surface area contributed by atoms with Crippen molar-refractivity contribution in [3.05, 3.63) is 48.5 Å². The van der Waals surface area contributed by atoms with Gasteiger partial charge in [-0.05, 0) is 48.5 Å². The molecule has 26 heavy (non-hydrogen) atoms. The fraction of sp³-hybridized carbons (Fsp3) is 0.211. The van der Waals surface area contributed by atoms with E-state index in [1.807, 2.05) is 67.4 Å². The third kappa shape index (κ3) is 4.00. The largest absolute Gasteiger partial charge is 0.497 e. The van der Waals surface area contributed by atoms with Gasteiger partial charge in [0.2, 0.25) is 11.0 Å². The van der Waals surface area contributed by atoms with E-state index >= 15 is 0 Å². The number of carbonyl (C=O) groups excluding carboxylic acids is 1. The van der Waals surface area contributed by atoms with Gasteiger partial charge in [-0.15, -0.1) is 10.2 Å². The minimum atomic E-state index is -0.00271. The Morgan fingerprint density at radius 3 is 2.42 bits per heavy atom. The lowest BCUT2D eigenvalue weighted by molar-refractivity contribution is -0.115. The van der Waals surface area contributed by atoms with E-state index in [0.717, 1.165) is 32.8 Å². The van der Waals surface area contributed by atoms with Crippen LogP contribution in [0.3, 0.4) is 0 Å². The van der Waals surface area contributed by atoms with E-state index in [9.17, 15) is 4.79 Å². The highest BCUT2D eigenvalue weighted by Crippen LogP contribution is 2.32. The molecule has 0 saturated carbocycles. The van der Waals surface area contributed by atoms with Crippen molar-refractivity contribution in [2.45, 2.75) is 13.3 Å². The quantitative estimate of drug-likeness (QED) is 0.701. The summed E-state index contributed by atoms with van der Waals surface area (Å²) in [5.41, 5.74) is 2.75. The van der Waals surface area contributed by atoms with Crippen LogP contribution < -0.4 is 15.0 Å². The van der Waals surface area contributed by atoms with Crippen molar-refractivity contribution in [3.63, 3.8) is 0 Å². The highest BCUT2D eigenvalue weighted by Gasteiger charge is 2.12. The van der Waals surface area contributed by atoms with Gasteiger partial charge >= 0.3 is 0 Å². The molecule has 3 aromatic rings. The number of nitrogens with zero attached hydrogens (tertiary/aromatic N) is 3. The second-order valence-corrected chi connectivity index (χ2v) is 6.58. The van der Waals surface area contributed by atoms with Crippen LogP contribution >= 0.6 is 11.3 Å². The molecule has 1 heterocycles. The standard InChI is InChI=1S/C19H20N4O2S/c1-4-17(24)20-14-7-5-13(6-8-14)18-21-22-19(26-18)23(2)15-9-11-16(25-3)12-10-15/h5-12H,4H2,1-3H3,(H,20,24). The van der Waals surface area contributed by atoms with E-state index in [1.165, 1.54) is 11.3 Å². The second-order valence-electron chi connectivity index (χ2n) is 5.63. The van der Waals surface area contributed by atoms with Crippen molar-refractivity contribution in [2.24, 2.45) is 0 Å². The third-order valence-electron chi connectivity index (χ3n) is 3.90. The first-order valence-electron chi connectivity index (χ1n) is 8.22. The number of ether oxygens (including phenoxy) is 1. The number of carbonyl (C=O) groups is 1. The molecule has 1 amide bonds. The topological polar surface area (TPSA) is 67.4 Å². The predicted octanol–water partition coefficient (Wildman–Crippen LogP) is 4.33. The molecule has 0 fully saturated rings. The molecule has 134 valence electrons. The van der Waals surface area contributed by atoms with E-state index in [1.54, 1.807) is 7.11 Å². The summed E-state index contributed by atoms with van der Waals surface area (Å²) in [6, 6.07) is 15.4. The van der Waals surface area contributed by atoms with Crippen molar-refractivity contribution in [1.82, 2.24) is 10.2 Å². The van der Waals surface area contributed by atoms with Crippen LogP contribution in [0.4, 0.5) is 16.5 Å².